The molecule has 1 aromatic carbocycles. The monoisotopic (exact) mass is 249 g/mol. The number of allylic oxidation sites excluding steroid dienone is 1. The van der Waals surface area contributed by atoms with Gasteiger partial charge in [0.2, 0.25) is 5.91 Å². The van der Waals surface area contributed by atoms with E-state index in [4.69, 9.17) is 0 Å². The summed E-state index contributed by atoms with van der Waals surface area (Å²) in [7, 11) is 0. The van der Waals surface area contributed by atoms with E-state index in [1.807, 2.05) is 0 Å². The maximum absolute atomic E-state index is 13.5. The number of hydrogen-bond donors (Lipinski definition) is 1. The zero-order valence-electron chi connectivity index (χ0n) is 9.80. The fourth-order valence-electron chi connectivity index (χ4n) is 2.32. The van der Waals surface area contributed by atoms with Gasteiger partial charge in [-0.3, -0.25) is 4.79 Å². The molecule has 1 N–H and O–H groups in total. The van der Waals surface area contributed by atoms with E-state index in [9.17, 15) is 13.6 Å². The molecule has 1 saturated carbocycles. The average Bonchev–Trinajstić information content (AvgIpc) is 3.01. The van der Waals surface area contributed by atoms with Crippen LogP contribution >= 0.6 is 0 Å². The molecule has 0 aromatic heterocycles. The lowest BCUT2D eigenvalue weighted by molar-refractivity contribution is -0.116. The third-order valence-corrected chi connectivity index (χ3v) is 3.38. The quantitative estimate of drug-likeness (QED) is 0.802. The standard InChI is InChI=1S/C14H13F2NO/c15-9-6-12-8(1-4-11(12)13(16)7-9)5-14(18)17-10-2-3-10/h5-7,10H,1-4H2,(H,17,18). The molecule has 1 amide bonds. The Kier molecular flexibility index (Phi) is 2.65. The molecular formula is C14H13F2NO. The van der Waals surface area contributed by atoms with Crippen molar-refractivity contribution in [2.24, 2.45) is 0 Å². The first-order chi connectivity index (χ1) is 8.63. The summed E-state index contributed by atoms with van der Waals surface area (Å²) in [5.41, 5.74) is 1.78. The molecule has 18 heavy (non-hydrogen) atoms. The van der Waals surface area contributed by atoms with Crippen LogP contribution in [0.15, 0.2) is 18.2 Å². The van der Waals surface area contributed by atoms with E-state index >= 15 is 0 Å². The number of halogens is 2. The lowest BCUT2D eigenvalue weighted by Gasteiger charge is -2.03. The highest BCUT2D eigenvalue weighted by atomic mass is 19.1. The van der Waals surface area contributed by atoms with E-state index in [0.29, 0.717) is 30.0 Å². The molecule has 3 rings (SSSR count). The molecule has 0 spiro atoms. The number of nitrogens with one attached hydrogen (secondary N) is 1. The van der Waals surface area contributed by atoms with Crippen molar-refractivity contribution in [3.63, 3.8) is 0 Å². The number of benzene rings is 1. The zero-order valence-corrected chi connectivity index (χ0v) is 9.80. The van der Waals surface area contributed by atoms with E-state index in [1.165, 1.54) is 12.1 Å². The molecule has 1 fully saturated rings. The highest BCUT2D eigenvalue weighted by molar-refractivity contribution is 5.96. The van der Waals surface area contributed by atoms with Crippen LogP contribution in [-0.4, -0.2) is 11.9 Å². The van der Waals surface area contributed by atoms with Gasteiger partial charge in [0.1, 0.15) is 11.6 Å². The number of carbonyl (C=O) groups is 1. The van der Waals surface area contributed by atoms with Gasteiger partial charge in [0.15, 0.2) is 0 Å². The summed E-state index contributed by atoms with van der Waals surface area (Å²) >= 11 is 0. The van der Waals surface area contributed by atoms with Gasteiger partial charge in [-0.2, -0.15) is 0 Å². The van der Waals surface area contributed by atoms with Gasteiger partial charge in [0.25, 0.3) is 0 Å². The van der Waals surface area contributed by atoms with Gasteiger partial charge in [-0.1, -0.05) is 0 Å². The summed E-state index contributed by atoms with van der Waals surface area (Å²) in [5.74, 6) is -1.28. The van der Waals surface area contributed by atoms with Crippen LogP contribution in [0.2, 0.25) is 0 Å². The van der Waals surface area contributed by atoms with Crippen molar-refractivity contribution in [1.82, 2.24) is 5.32 Å². The molecule has 4 heteroatoms. The number of rotatable bonds is 2. The minimum absolute atomic E-state index is 0.162. The first-order valence-corrected chi connectivity index (χ1v) is 6.13. The Morgan fingerprint density at radius 1 is 1.28 bits per heavy atom. The first kappa shape index (κ1) is 11.4. The van der Waals surface area contributed by atoms with Crippen molar-refractivity contribution < 1.29 is 13.6 Å². The lowest BCUT2D eigenvalue weighted by Crippen LogP contribution is -2.23. The van der Waals surface area contributed by atoms with Gasteiger partial charge < -0.3 is 5.32 Å². The SMILES string of the molecule is O=C(C=C1CCc2c(F)cc(F)cc21)NC1CC1. The molecule has 0 aliphatic heterocycles. The number of amides is 1. The van der Waals surface area contributed by atoms with Crippen LogP contribution in [0.1, 0.15) is 30.4 Å². The van der Waals surface area contributed by atoms with Crippen molar-refractivity contribution >= 4 is 11.5 Å². The van der Waals surface area contributed by atoms with Gasteiger partial charge in [-0.05, 0) is 48.4 Å². The number of hydrogen-bond acceptors (Lipinski definition) is 1. The van der Waals surface area contributed by atoms with Crippen molar-refractivity contribution in [3.8, 4) is 0 Å². The Balaban J connectivity index is 1.88. The molecule has 2 aliphatic rings. The summed E-state index contributed by atoms with van der Waals surface area (Å²) in [6.07, 6.45) is 4.64. The first-order valence-electron chi connectivity index (χ1n) is 6.13. The van der Waals surface area contributed by atoms with Gasteiger partial charge in [-0.25, -0.2) is 8.78 Å². The van der Waals surface area contributed by atoms with Crippen molar-refractivity contribution in [1.29, 1.82) is 0 Å². The van der Waals surface area contributed by atoms with E-state index < -0.39 is 11.6 Å². The molecule has 1 aromatic rings. The third kappa shape index (κ3) is 2.15. The van der Waals surface area contributed by atoms with Crippen LogP contribution in [0, 0.1) is 11.6 Å². The fraction of sp³-hybridized carbons (Fsp3) is 0.357. The van der Waals surface area contributed by atoms with Crippen molar-refractivity contribution in [3.05, 3.63) is 41.0 Å². The second kappa shape index (κ2) is 4.19. The molecule has 2 aliphatic carbocycles. The smallest absolute Gasteiger partial charge is 0.244 e. The van der Waals surface area contributed by atoms with Crippen molar-refractivity contribution in [2.75, 3.05) is 0 Å². The van der Waals surface area contributed by atoms with Gasteiger partial charge in [0.05, 0.1) is 0 Å². The highest BCUT2D eigenvalue weighted by Crippen LogP contribution is 2.34. The van der Waals surface area contributed by atoms with Gasteiger partial charge in [0, 0.05) is 18.2 Å². The number of carbonyl (C=O) groups excluding carboxylic acids is 1. The minimum atomic E-state index is -0.596. The molecule has 2 nitrogen and oxygen atoms in total. The van der Waals surface area contributed by atoms with Crippen LogP contribution < -0.4 is 5.32 Å². The van der Waals surface area contributed by atoms with Crippen LogP contribution in [0.5, 0.6) is 0 Å². The van der Waals surface area contributed by atoms with Gasteiger partial charge >= 0.3 is 0 Å². The summed E-state index contributed by atoms with van der Waals surface area (Å²) in [6, 6.07) is 2.49. The molecular weight excluding hydrogens is 236 g/mol. The number of fused-ring (bicyclic) bond motifs is 1. The predicted octanol–water partition coefficient (Wildman–Crippen LogP) is 2.57. The molecule has 0 atom stereocenters. The lowest BCUT2D eigenvalue weighted by atomic mass is 10.1. The fourth-order valence-corrected chi connectivity index (χ4v) is 2.32. The molecule has 0 saturated heterocycles. The largest absolute Gasteiger partial charge is 0.350 e. The van der Waals surface area contributed by atoms with E-state index in [1.54, 1.807) is 0 Å². The highest BCUT2D eigenvalue weighted by Gasteiger charge is 2.25. The van der Waals surface area contributed by atoms with Crippen molar-refractivity contribution in [2.45, 2.75) is 31.7 Å². The second-order valence-corrected chi connectivity index (χ2v) is 4.87. The Hall–Kier alpha value is -1.71. The Bertz CT molecular complexity index is 547. The molecule has 94 valence electrons. The molecule has 0 unspecified atom stereocenters. The van der Waals surface area contributed by atoms with E-state index in [2.05, 4.69) is 5.32 Å². The molecule has 0 radical (unpaired) electrons. The molecule has 0 heterocycles. The van der Waals surface area contributed by atoms with Crippen LogP contribution in [0.3, 0.4) is 0 Å². The topological polar surface area (TPSA) is 29.1 Å². The Morgan fingerprint density at radius 2 is 2.06 bits per heavy atom. The second-order valence-electron chi connectivity index (χ2n) is 4.87. The summed E-state index contributed by atoms with van der Waals surface area (Å²) in [4.78, 5) is 11.7. The van der Waals surface area contributed by atoms with Crippen LogP contribution in [-0.2, 0) is 11.2 Å². The van der Waals surface area contributed by atoms with Crippen LogP contribution in [0.25, 0.3) is 5.57 Å². The average molecular weight is 249 g/mol. The van der Waals surface area contributed by atoms with E-state index in [-0.39, 0.29) is 5.91 Å². The van der Waals surface area contributed by atoms with Crippen LogP contribution in [0.4, 0.5) is 8.78 Å². The maximum Gasteiger partial charge on any atom is 0.244 e. The third-order valence-electron chi connectivity index (χ3n) is 3.38. The Morgan fingerprint density at radius 3 is 2.78 bits per heavy atom. The van der Waals surface area contributed by atoms with E-state index in [0.717, 1.165) is 24.5 Å². The summed E-state index contributed by atoms with van der Waals surface area (Å²) in [5, 5.41) is 2.84. The summed E-state index contributed by atoms with van der Waals surface area (Å²) < 4.78 is 26.7. The van der Waals surface area contributed by atoms with Gasteiger partial charge in [-0.15, -0.1) is 0 Å². The molecule has 0 bridgehead atoms. The Labute approximate surface area is 104 Å². The zero-order chi connectivity index (χ0) is 12.7. The minimum Gasteiger partial charge on any atom is -0.350 e. The normalized spacial score (nSPS) is 20.0. The maximum atomic E-state index is 13.5. The predicted molar refractivity (Wildman–Crippen MR) is 63.8 cm³/mol. The summed E-state index contributed by atoms with van der Waals surface area (Å²) in [6.45, 7) is 0.